The molecule has 2 aromatic rings. The number of hydrogen-bond donors (Lipinski definition) is 1. The van der Waals surface area contributed by atoms with Crippen molar-refractivity contribution in [3.05, 3.63) is 63.5 Å². The molecule has 3 rings (SSSR count). The molecule has 1 atom stereocenters. The third kappa shape index (κ3) is 4.71. The van der Waals surface area contributed by atoms with E-state index in [1.54, 1.807) is 12.1 Å². The lowest BCUT2D eigenvalue weighted by Crippen LogP contribution is -2.29. The molecule has 8 heteroatoms. The van der Waals surface area contributed by atoms with Crippen LogP contribution in [0, 0.1) is 24.0 Å². The molecular weight excluding hydrogens is 374 g/mol. The Morgan fingerprint density at radius 2 is 2.00 bits per heavy atom. The maximum Gasteiger partial charge on any atom is 0.331 e. The zero-order valence-corrected chi connectivity index (χ0v) is 16.5. The van der Waals surface area contributed by atoms with E-state index in [1.807, 2.05) is 19.9 Å². The number of esters is 1. The van der Waals surface area contributed by atoms with Gasteiger partial charge in [0.25, 0.3) is 11.6 Å². The molecule has 0 spiro atoms. The summed E-state index contributed by atoms with van der Waals surface area (Å²) in [5.41, 5.74) is 2.99. The smallest absolute Gasteiger partial charge is 0.331 e. The Labute approximate surface area is 168 Å². The Morgan fingerprint density at radius 3 is 2.66 bits per heavy atom. The summed E-state index contributed by atoms with van der Waals surface area (Å²) in [5.74, 6) is -1.31. The first-order valence-corrected chi connectivity index (χ1v) is 9.39. The van der Waals surface area contributed by atoms with Gasteiger partial charge < -0.3 is 14.6 Å². The van der Waals surface area contributed by atoms with Gasteiger partial charge in [-0.3, -0.25) is 14.9 Å². The van der Waals surface area contributed by atoms with Crippen LogP contribution in [-0.4, -0.2) is 27.5 Å². The lowest BCUT2D eigenvalue weighted by Gasteiger charge is -2.12. The number of anilines is 1. The number of ether oxygens (including phenoxy) is 1. The van der Waals surface area contributed by atoms with E-state index in [9.17, 15) is 19.7 Å². The van der Waals surface area contributed by atoms with Crippen molar-refractivity contribution in [2.45, 2.75) is 45.8 Å². The number of nitro groups is 1. The lowest BCUT2D eigenvalue weighted by atomic mass is 10.2. The third-order valence-corrected chi connectivity index (χ3v) is 4.86. The van der Waals surface area contributed by atoms with Gasteiger partial charge >= 0.3 is 5.97 Å². The van der Waals surface area contributed by atoms with Gasteiger partial charge in [0.15, 0.2) is 6.10 Å². The van der Waals surface area contributed by atoms with Crippen LogP contribution in [0.3, 0.4) is 0 Å². The summed E-state index contributed by atoms with van der Waals surface area (Å²) in [7, 11) is 0. The highest BCUT2D eigenvalue weighted by atomic mass is 16.6. The number of nitro benzene ring substituents is 1. The predicted molar refractivity (Wildman–Crippen MR) is 108 cm³/mol. The van der Waals surface area contributed by atoms with Gasteiger partial charge in [-0.25, -0.2) is 4.79 Å². The molecule has 0 unspecified atom stereocenters. The maximum absolute atomic E-state index is 12.2. The highest BCUT2D eigenvalue weighted by molar-refractivity contribution is 5.98. The van der Waals surface area contributed by atoms with E-state index in [0.29, 0.717) is 6.04 Å². The van der Waals surface area contributed by atoms with E-state index in [0.717, 1.165) is 17.0 Å². The van der Waals surface area contributed by atoms with Gasteiger partial charge in [-0.2, -0.15) is 0 Å². The van der Waals surface area contributed by atoms with Crippen molar-refractivity contribution in [1.82, 2.24) is 4.57 Å². The zero-order valence-electron chi connectivity index (χ0n) is 16.5. The first kappa shape index (κ1) is 20.3. The van der Waals surface area contributed by atoms with Gasteiger partial charge in [0.2, 0.25) is 0 Å². The first-order valence-electron chi connectivity index (χ1n) is 9.39. The number of nitrogens with zero attached hydrogens (tertiary/aromatic N) is 2. The molecule has 1 saturated carbocycles. The number of aromatic nitrogens is 1. The Bertz CT molecular complexity index is 988. The van der Waals surface area contributed by atoms with Crippen LogP contribution >= 0.6 is 0 Å². The van der Waals surface area contributed by atoms with Crippen LogP contribution in [0.2, 0.25) is 0 Å². The minimum Gasteiger partial charge on any atom is -0.449 e. The number of carbonyl (C=O) groups excluding carboxylic acids is 2. The SMILES string of the molecule is Cc1cc(/C=C/C(=O)O[C@H](C)C(=O)Nc2ccccc2[N+](=O)[O-])c(C)n1C1CC1. The monoisotopic (exact) mass is 397 g/mol. The second-order valence-corrected chi connectivity index (χ2v) is 7.10. The van der Waals surface area contributed by atoms with E-state index < -0.39 is 22.9 Å². The standard InChI is InChI=1S/C21H23N3O5/c1-13-12-16(14(2)23(13)17-9-10-17)8-11-20(25)29-15(3)21(26)22-18-6-4-5-7-19(18)24(27)28/h4-8,11-12,15,17H,9-10H2,1-3H3,(H,22,26)/b11-8+/t15-/m1/s1. The van der Waals surface area contributed by atoms with E-state index in [1.165, 1.54) is 44.0 Å². The minimum absolute atomic E-state index is 0.0495. The number of rotatable bonds is 7. The average molecular weight is 397 g/mol. The number of aryl methyl sites for hydroxylation is 1. The highest BCUT2D eigenvalue weighted by Gasteiger charge is 2.26. The fourth-order valence-electron chi connectivity index (χ4n) is 3.26. The number of hydrogen-bond acceptors (Lipinski definition) is 5. The summed E-state index contributed by atoms with van der Waals surface area (Å²) in [4.78, 5) is 34.8. The Morgan fingerprint density at radius 1 is 1.31 bits per heavy atom. The van der Waals surface area contributed by atoms with E-state index >= 15 is 0 Å². The second kappa shape index (κ2) is 8.30. The quantitative estimate of drug-likeness (QED) is 0.330. The normalized spacial score (nSPS) is 14.6. The fourth-order valence-corrected chi connectivity index (χ4v) is 3.26. The summed E-state index contributed by atoms with van der Waals surface area (Å²) in [6, 6.07) is 8.34. The molecule has 1 heterocycles. The lowest BCUT2D eigenvalue weighted by molar-refractivity contribution is -0.383. The number of carbonyl (C=O) groups is 2. The molecule has 1 amide bonds. The topological polar surface area (TPSA) is 103 Å². The molecule has 0 aliphatic heterocycles. The van der Waals surface area contributed by atoms with E-state index in [4.69, 9.17) is 4.74 Å². The molecule has 0 bridgehead atoms. The van der Waals surface area contributed by atoms with Gasteiger partial charge in [0.1, 0.15) is 5.69 Å². The molecule has 0 radical (unpaired) electrons. The van der Waals surface area contributed by atoms with Gasteiger partial charge in [-0.05, 0) is 57.4 Å². The van der Waals surface area contributed by atoms with Gasteiger partial charge in [-0.15, -0.1) is 0 Å². The van der Waals surface area contributed by atoms with Gasteiger partial charge in [0.05, 0.1) is 4.92 Å². The van der Waals surface area contributed by atoms with Crippen LogP contribution in [0.1, 0.15) is 42.8 Å². The van der Waals surface area contributed by atoms with Crippen molar-refractivity contribution in [3.63, 3.8) is 0 Å². The summed E-state index contributed by atoms with van der Waals surface area (Å²) in [5, 5.41) is 13.5. The summed E-state index contributed by atoms with van der Waals surface area (Å²) in [6.45, 7) is 5.46. The first-order chi connectivity index (χ1) is 13.8. The van der Waals surface area contributed by atoms with Crippen molar-refractivity contribution < 1.29 is 19.2 Å². The molecule has 1 aromatic heterocycles. The maximum atomic E-state index is 12.2. The molecule has 1 N–H and O–H groups in total. The Balaban J connectivity index is 1.60. The van der Waals surface area contributed by atoms with Crippen molar-refractivity contribution in [2.75, 3.05) is 5.32 Å². The summed E-state index contributed by atoms with van der Waals surface area (Å²) in [6.07, 6.45) is 4.21. The fraction of sp³-hybridized carbons (Fsp3) is 0.333. The predicted octanol–water partition coefficient (Wildman–Crippen LogP) is 3.93. The number of para-hydroxylation sites is 2. The van der Waals surface area contributed by atoms with Crippen molar-refractivity contribution in [3.8, 4) is 0 Å². The minimum atomic E-state index is -1.11. The molecule has 1 aromatic carbocycles. The van der Waals surface area contributed by atoms with Crippen LogP contribution in [-0.2, 0) is 14.3 Å². The van der Waals surface area contributed by atoms with Crippen LogP contribution < -0.4 is 5.32 Å². The number of benzene rings is 1. The molecular formula is C21H23N3O5. The molecule has 1 fully saturated rings. The van der Waals surface area contributed by atoms with Crippen molar-refractivity contribution in [2.24, 2.45) is 0 Å². The largest absolute Gasteiger partial charge is 0.449 e. The Hall–Kier alpha value is -3.42. The van der Waals surface area contributed by atoms with Crippen LogP contribution in [0.15, 0.2) is 36.4 Å². The molecule has 1 aliphatic rings. The molecule has 8 nitrogen and oxygen atoms in total. The Kier molecular flexibility index (Phi) is 5.81. The summed E-state index contributed by atoms with van der Waals surface area (Å²) < 4.78 is 7.40. The zero-order chi connectivity index (χ0) is 21.1. The highest BCUT2D eigenvalue weighted by Crippen LogP contribution is 2.38. The molecule has 0 saturated heterocycles. The molecule has 152 valence electrons. The van der Waals surface area contributed by atoms with Crippen molar-refractivity contribution in [1.29, 1.82) is 0 Å². The molecule has 29 heavy (non-hydrogen) atoms. The van der Waals surface area contributed by atoms with Crippen LogP contribution in [0.4, 0.5) is 11.4 Å². The van der Waals surface area contributed by atoms with Gasteiger partial charge in [0, 0.05) is 29.6 Å². The average Bonchev–Trinajstić information content (AvgIpc) is 3.45. The second-order valence-electron chi connectivity index (χ2n) is 7.10. The van der Waals surface area contributed by atoms with Crippen LogP contribution in [0.5, 0.6) is 0 Å². The van der Waals surface area contributed by atoms with E-state index in [-0.39, 0.29) is 11.4 Å². The van der Waals surface area contributed by atoms with E-state index in [2.05, 4.69) is 9.88 Å². The number of amides is 1. The number of nitrogens with one attached hydrogen (secondary N) is 1. The summed E-state index contributed by atoms with van der Waals surface area (Å²) >= 11 is 0. The third-order valence-electron chi connectivity index (χ3n) is 4.86. The molecule has 1 aliphatic carbocycles. The van der Waals surface area contributed by atoms with Crippen LogP contribution in [0.25, 0.3) is 6.08 Å². The van der Waals surface area contributed by atoms with Crippen molar-refractivity contribution >= 4 is 29.3 Å². The van der Waals surface area contributed by atoms with Gasteiger partial charge in [-0.1, -0.05) is 12.1 Å².